The Kier molecular flexibility index (Phi) is 6.35. The van der Waals surface area contributed by atoms with Gasteiger partial charge in [0.2, 0.25) is 5.76 Å². The Morgan fingerprint density at radius 1 is 1.30 bits per heavy atom. The Bertz CT molecular complexity index is 1080. The number of furan rings is 1. The molecular formula is C20H14Cl2N2O6. The molecule has 154 valence electrons. The SMILES string of the molecule is C#CCOc1c(Cl)cc(C=C2NC(=O)N(Cc3ccc(C(=O)OC)o3)C2=O)cc1Cl. The van der Waals surface area contributed by atoms with Gasteiger partial charge < -0.3 is 19.2 Å². The smallest absolute Gasteiger partial charge is 0.373 e. The molecule has 30 heavy (non-hydrogen) atoms. The second-order valence-electron chi connectivity index (χ2n) is 5.94. The van der Waals surface area contributed by atoms with Crippen molar-refractivity contribution in [2.75, 3.05) is 13.7 Å². The van der Waals surface area contributed by atoms with E-state index in [-0.39, 0.29) is 46.2 Å². The number of amides is 3. The van der Waals surface area contributed by atoms with Gasteiger partial charge in [0.15, 0.2) is 5.75 Å². The lowest BCUT2D eigenvalue weighted by atomic mass is 10.1. The molecule has 3 amide bonds. The highest BCUT2D eigenvalue weighted by Crippen LogP contribution is 2.35. The van der Waals surface area contributed by atoms with Crippen molar-refractivity contribution in [3.8, 4) is 18.1 Å². The van der Waals surface area contributed by atoms with Crippen molar-refractivity contribution >= 4 is 47.2 Å². The lowest BCUT2D eigenvalue weighted by molar-refractivity contribution is -0.123. The minimum atomic E-state index is -0.664. The number of carbonyl (C=O) groups excluding carboxylic acids is 3. The number of esters is 1. The van der Waals surface area contributed by atoms with Crippen LogP contribution in [0.3, 0.4) is 0 Å². The molecule has 2 aromatic rings. The zero-order chi connectivity index (χ0) is 21.8. The minimum absolute atomic E-state index is 0.00610. The summed E-state index contributed by atoms with van der Waals surface area (Å²) in [6, 6.07) is 5.26. The Morgan fingerprint density at radius 3 is 2.63 bits per heavy atom. The van der Waals surface area contributed by atoms with Crippen LogP contribution in [0.4, 0.5) is 4.79 Å². The number of urea groups is 1. The van der Waals surface area contributed by atoms with E-state index in [1.807, 2.05) is 0 Å². The Labute approximate surface area is 181 Å². The van der Waals surface area contributed by atoms with Crippen LogP contribution in [0.15, 0.2) is 34.4 Å². The van der Waals surface area contributed by atoms with E-state index in [0.29, 0.717) is 5.56 Å². The molecule has 0 bridgehead atoms. The van der Waals surface area contributed by atoms with E-state index in [1.165, 1.54) is 37.5 Å². The zero-order valence-corrected chi connectivity index (χ0v) is 17.0. The van der Waals surface area contributed by atoms with Gasteiger partial charge in [-0.25, -0.2) is 9.59 Å². The molecule has 1 aromatic heterocycles. The van der Waals surface area contributed by atoms with Gasteiger partial charge in [-0.05, 0) is 35.9 Å². The summed E-state index contributed by atoms with van der Waals surface area (Å²) < 4.78 is 15.1. The van der Waals surface area contributed by atoms with Gasteiger partial charge in [-0.15, -0.1) is 6.42 Å². The molecule has 0 saturated carbocycles. The second-order valence-corrected chi connectivity index (χ2v) is 6.76. The molecule has 1 aromatic carbocycles. The molecule has 3 rings (SSSR count). The third-order valence-corrected chi connectivity index (χ3v) is 4.52. The van der Waals surface area contributed by atoms with Gasteiger partial charge in [0.25, 0.3) is 5.91 Å². The predicted molar refractivity (Wildman–Crippen MR) is 108 cm³/mol. The van der Waals surface area contributed by atoms with Crippen molar-refractivity contribution in [2.45, 2.75) is 6.54 Å². The largest absolute Gasteiger partial charge is 0.478 e. The van der Waals surface area contributed by atoms with Gasteiger partial charge in [0.1, 0.15) is 18.1 Å². The van der Waals surface area contributed by atoms with Crippen molar-refractivity contribution in [3.05, 3.63) is 57.1 Å². The van der Waals surface area contributed by atoms with Crippen molar-refractivity contribution in [3.63, 3.8) is 0 Å². The molecule has 8 nitrogen and oxygen atoms in total. The van der Waals surface area contributed by atoms with Crippen molar-refractivity contribution in [2.24, 2.45) is 0 Å². The fourth-order valence-corrected chi connectivity index (χ4v) is 3.24. The number of nitrogens with one attached hydrogen (secondary N) is 1. The summed E-state index contributed by atoms with van der Waals surface area (Å²) in [4.78, 5) is 37.2. The maximum Gasteiger partial charge on any atom is 0.373 e. The van der Waals surface area contributed by atoms with Crippen LogP contribution in [0.5, 0.6) is 5.75 Å². The molecule has 1 fully saturated rings. The van der Waals surface area contributed by atoms with Crippen molar-refractivity contribution < 1.29 is 28.3 Å². The van der Waals surface area contributed by atoms with Crippen LogP contribution in [-0.4, -0.2) is 36.5 Å². The highest BCUT2D eigenvalue weighted by Gasteiger charge is 2.34. The van der Waals surface area contributed by atoms with E-state index in [0.717, 1.165) is 4.90 Å². The summed E-state index contributed by atoms with van der Waals surface area (Å²) in [5.41, 5.74) is 0.485. The number of carbonyl (C=O) groups is 3. The molecular weight excluding hydrogens is 435 g/mol. The molecule has 0 atom stereocenters. The predicted octanol–water partition coefficient (Wildman–Crippen LogP) is 3.48. The number of hydrogen-bond acceptors (Lipinski definition) is 6. The maximum absolute atomic E-state index is 12.6. The molecule has 10 heteroatoms. The molecule has 0 radical (unpaired) electrons. The maximum atomic E-state index is 12.6. The van der Waals surface area contributed by atoms with Crippen LogP contribution in [0.2, 0.25) is 10.0 Å². The van der Waals surface area contributed by atoms with Crippen LogP contribution in [-0.2, 0) is 16.1 Å². The van der Waals surface area contributed by atoms with E-state index in [1.54, 1.807) is 0 Å². The Hall–Kier alpha value is -3.41. The first-order chi connectivity index (χ1) is 14.3. The summed E-state index contributed by atoms with van der Waals surface area (Å²) in [6.45, 7) is -0.173. The number of halogens is 2. The highest BCUT2D eigenvalue weighted by molar-refractivity contribution is 6.37. The van der Waals surface area contributed by atoms with Crippen molar-refractivity contribution in [1.29, 1.82) is 0 Å². The van der Waals surface area contributed by atoms with Gasteiger partial charge >= 0.3 is 12.0 Å². The van der Waals surface area contributed by atoms with Crippen LogP contribution < -0.4 is 10.1 Å². The van der Waals surface area contributed by atoms with Gasteiger partial charge in [0, 0.05) is 0 Å². The fraction of sp³-hybridized carbons (Fsp3) is 0.150. The first-order valence-corrected chi connectivity index (χ1v) is 9.16. The number of nitrogens with zero attached hydrogens (tertiary/aromatic N) is 1. The van der Waals surface area contributed by atoms with Gasteiger partial charge in [-0.2, -0.15) is 0 Å². The molecule has 1 aliphatic heterocycles. The van der Waals surface area contributed by atoms with E-state index in [9.17, 15) is 14.4 Å². The summed E-state index contributed by atoms with van der Waals surface area (Å²) in [5, 5.41) is 2.87. The molecule has 0 unspecified atom stereocenters. The molecule has 1 N–H and O–H groups in total. The fourth-order valence-electron chi connectivity index (χ4n) is 2.63. The number of ether oxygens (including phenoxy) is 2. The number of imide groups is 1. The Morgan fingerprint density at radius 2 is 2.00 bits per heavy atom. The molecule has 1 aliphatic rings. The van der Waals surface area contributed by atoms with Crippen LogP contribution in [0.25, 0.3) is 6.08 Å². The van der Waals surface area contributed by atoms with Crippen LogP contribution in [0, 0.1) is 12.3 Å². The third kappa shape index (κ3) is 4.43. The van der Waals surface area contributed by atoms with Crippen molar-refractivity contribution in [1.82, 2.24) is 10.2 Å². The van der Waals surface area contributed by atoms with E-state index in [2.05, 4.69) is 16.0 Å². The molecule has 0 aliphatic carbocycles. The molecule has 0 spiro atoms. The molecule has 2 heterocycles. The minimum Gasteiger partial charge on any atom is -0.478 e. The average molecular weight is 449 g/mol. The van der Waals surface area contributed by atoms with Gasteiger partial charge in [0.05, 0.1) is 23.7 Å². The highest BCUT2D eigenvalue weighted by atomic mass is 35.5. The normalized spacial score (nSPS) is 14.6. The standard InChI is InChI=1S/C20H14Cl2N2O6/c1-3-6-29-17-13(21)7-11(8-14(17)22)9-15-18(25)24(20(27)23-15)10-12-4-5-16(30-12)19(26)28-2/h1,4-5,7-9H,6,10H2,2H3,(H,23,27). The lowest BCUT2D eigenvalue weighted by Crippen LogP contribution is -2.30. The Balaban J connectivity index is 1.79. The number of hydrogen-bond donors (Lipinski definition) is 1. The summed E-state index contributed by atoms with van der Waals surface area (Å²) in [7, 11) is 1.21. The summed E-state index contributed by atoms with van der Waals surface area (Å²) in [5.74, 6) is 1.48. The van der Waals surface area contributed by atoms with Crippen LogP contribution in [0.1, 0.15) is 21.9 Å². The first kappa shape index (κ1) is 21.3. The number of methoxy groups -OCH3 is 1. The first-order valence-electron chi connectivity index (χ1n) is 8.41. The van der Waals surface area contributed by atoms with Crippen LogP contribution >= 0.6 is 23.2 Å². The second kappa shape index (κ2) is 8.95. The van der Waals surface area contributed by atoms with Gasteiger partial charge in [-0.1, -0.05) is 29.1 Å². The average Bonchev–Trinajstić information content (AvgIpc) is 3.27. The topological polar surface area (TPSA) is 98.1 Å². The zero-order valence-electron chi connectivity index (χ0n) is 15.5. The number of rotatable bonds is 6. The summed E-state index contributed by atoms with van der Waals surface area (Å²) >= 11 is 12.3. The number of benzene rings is 1. The molecule has 1 saturated heterocycles. The summed E-state index contributed by atoms with van der Waals surface area (Å²) in [6.07, 6.45) is 6.57. The van der Waals surface area contributed by atoms with E-state index < -0.39 is 17.9 Å². The monoisotopic (exact) mass is 448 g/mol. The lowest BCUT2D eigenvalue weighted by Gasteiger charge is -2.09. The van der Waals surface area contributed by atoms with Gasteiger partial charge in [-0.3, -0.25) is 9.69 Å². The quantitative estimate of drug-likeness (QED) is 0.314. The third-order valence-electron chi connectivity index (χ3n) is 3.96. The van der Waals surface area contributed by atoms with E-state index >= 15 is 0 Å². The number of terminal acetylenes is 1. The van der Waals surface area contributed by atoms with E-state index in [4.69, 9.17) is 38.8 Å².